The molecule has 6 rings (SSSR count). The molecule has 0 nitrogen and oxygen atoms in total. The Kier molecular flexibility index (Phi) is 9.15. The molecule has 0 bridgehead atoms. The number of rotatable bonds is 5. The van der Waals surface area contributed by atoms with Crippen molar-refractivity contribution in [3.8, 4) is 0 Å². The van der Waals surface area contributed by atoms with Gasteiger partial charge in [0.25, 0.3) is 0 Å². The first-order valence-corrected chi connectivity index (χ1v) is 22.3. The lowest BCUT2D eigenvalue weighted by Gasteiger charge is -2.48. The number of hydrogen-bond donors (Lipinski definition) is 0. The summed E-state index contributed by atoms with van der Waals surface area (Å²) in [4.78, 5) is 0. The molecule has 0 aliphatic heterocycles. The molecular formula is C44H68Si. The highest BCUT2D eigenvalue weighted by molar-refractivity contribution is 6.80. The summed E-state index contributed by atoms with van der Waals surface area (Å²) in [6.45, 7) is 28.0. The van der Waals surface area contributed by atoms with E-state index in [1.165, 1.54) is 38.5 Å². The summed E-state index contributed by atoms with van der Waals surface area (Å²) in [6, 6.07) is 0. The Morgan fingerprint density at radius 1 is 0.644 bits per heavy atom. The molecule has 6 aliphatic rings. The van der Waals surface area contributed by atoms with Gasteiger partial charge in [0.15, 0.2) is 0 Å². The van der Waals surface area contributed by atoms with Crippen LogP contribution < -0.4 is 0 Å². The monoisotopic (exact) mass is 625 g/mol. The maximum atomic E-state index is 2.87. The molecule has 8 unspecified atom stereocenters. The van der Waals surface area contributed by atoms with Crippen molar-refractivity contribution < 1.29 is 0 Å². The van der Waals surface area contributed by atoms with E-state index in [0.29, 0.717) is 22.7 Å². The van der Waals surface area contributed by atoms with Gasteiger partial charge in [-0.3, -0.25) is 0 Å². The lowest BCUT2D eigenvalue weighted by molar-refractivity contribution is 0.284. The van der Waals surface area contributed by atoms with Crippen molar-refractivity contribution in [2.75, 3.05) is 0 Å². The second-order valence-electron chi connectivity index (χ2n) is 19.8. The van der Waals surface area contributed by atoms with Gasteiger partial charge in [-0.15, -0.1) is 0 Å². The molecule has 0 saturated heterocycles. The molecule has 6 aliphatic carbocycles. The summed E-state index contributed by atoms with van der Waals surface area (Å²) in [5.74, 6) is 8.52. The minimum Gasteiger partial charge on any atom is -0.0876 e. The largest absolute Gasteiger partial charge is 0.0876 e. The zero-order valence-electron chi connectivity index (χ0n) is 31.0. The number of hydrogen-bond acceptors (Lipinski definition) is 0. The van der Waals surface area contributed by atoms with Crippen molar-refractivity contribution in [2.24, 2.45) is 75.9 Å². The molecule has 248 valence electrons. The van der Waals surface area contributed by atoms with Gasteiger partial charge in [-0.2, -0.15) is 0 Å². The Balaban J connectivity index is 1.25. The van der Waals surface area contributed by atoms with E-state index in [9.17, 15) is 0 Å². The van der Waals surface area contributed by atoms with E-state index in [0.717, 1.165) is 64.3 Å². The average molecular weight is 625 g/mol. The van der Waals surface area contributed by atoms with Crippen LogP contribution in [0.1, 0.15) is 101 Å². The normalized spacial score (nSPS) is 41.7. The maximum Gasteiger partial charge on any atom is 0.0553 e. The third kappa shape index (κ3) is 6.20. The summed E-state index contributed by atoms with van der Waals surface area (Å²) in [7, 11) is -1.65. The molecule has 0 aromatic carbocycles. The molecule has 0 N–H and O–H groups in total. The maximum absolute atomic E-state index is 2.87. The van der Waals surface area contributed by atoms with Crippen LogP contribution in [-0.4, -0.2) is 8.07 Å². The van der Waals surface area contributed by atoms with Gasteiger partial charge in [-0.1, -0.05) is 136 Å². The third-order valence-electron chi connectivity index (χ3n) is 14.5. The molecular weight excluding hydrogens is 557 g/mol. The van der Waals surface area contributed by atoms with Crippen LogP contribution in [0.4, 0.5) is 0 Å². The molecule has 45 heavy (non-hydrogen) atoms. The van der Waals surface area contributed by atoms with Crippen LogP contribution >= 0.6 is 0 Å². The van der Waals surface area contributed by atoms with Crippen molar-refractivity contribution in [3.05, 3.63) is 71.9 Å². The summed E-state index contributed by atoms with van der Waals surface area (Å²) in [5.41, 5.74) is 5.85. The highest BCUT2D eigenvalue weighted by atomic mass is 28.3. The first kappa shape index (κ1) is 33.6. The van der Waals surface area contributed by atoms with Gasteiger partial charge < -0.3 is 0 Å². The molecule has 0 spiro atoms. The van der Waals surface area contributed by atoms with E-state index in [-0.39, 0.29) is 0 Å². The lowest BCUT2D eigenvalue weighted by Crippen LogP contribution is -2.47. The van der Waals surface area contributed by atoms with E-state index in [2.05, 4.69) is 136 Å². The minimum absolute atomic E-state index is 0.353. The van der Waals surface area contributed by atoms with Crippen molar-refractivity contribution in [2.45, 2.75) is 125 Å². The summed E-state index contributed by atoms with van der Waals surface area (Å²) >= 11 is 0. The smallest absolute Gasteiger partial charge is 0.0553 e. The fourth-order valence-electron chi connectivity index (χ4n) is 12.1. The van der Waals surface area contributed by atoms with Gasteiger partial charge in [0.1, 0.15) is 0 Å². The fraction of sp³-hybridized carbons (Fsp3) is 0.727. The molecule has 1 heteroatoms. The van der Waals surface area contributed by atoms with Gasteiger partial charge >= 0.3 is 0 Å². The Morgan fingerprint density at radius 2 is 1.11 bits per heavy atom. The van der Waals surface area contributed by atoms with Gasteiger partial charge in [0, 0.05) is 0 Å². The first-order valence-electron chi connectivity index (χ1n) is 19.2. The van der Waals surface area contributed by atoms with E-state index < -0.39 is 8.07 Å². The Bertz CT molecular complexity index is 1270. The van der Waals surface area contributed by atoms with E-state index in [1.54, 1.807) is 11.1 Å². The van der Waals surface area contributed by atoms with Crippen molar-refractivity contribution in [3.63, 3.8) is 0 Å². The SMILES string of the molecule is CC(C)C1CC2C(C=CC[C@@H]2C2=CC[C@@H](C(C)(C)C)C=C2)C1[Si](C)(C)C1C(C)CC2C1C=CC[C@@H]2C1=CC[C@@H](C(C)(C)C)C=C1. The standard InChI is InChI=1S/C44H68Si/c1-28(2)38-27-40-35(31-20-24-33(25-21-31)44(7,8)9)15-13-17-37(40)42(38)45(10,11)41-29(3)26-39-34(14-12-16-36(39)41)30-18-22-32(23-19-30)43(4,5)6/h12-13,16-22,24,28-29,32-42H,14-15,23,25-27H2,1-11H3/t29?,32-,33-,34+,35+,36?,37?,38?,39?,40?,41?,42?/m0/s1. The summed E-state index contributed by atoms with van der Waals surface area (Å²) in [6.07, 6.45) is 34.2. The topological polar surface area (TPSA) is 0 Å². The van der Waals surface area contributed by atoms with E-state index in [1.807, 2.05) is 0 Å². The second-order valence-corrected chi connectivity index (χ2v) is 24.8. The average Bonchev–Trinajstić information content (AvgIpc) is 3.55. The van der Waals surface area contributed by atoms with Crippen LogP contribution in [0.15, 0.2) is 71.9 Å². The number of allylic oxidation sites excluding steroid dienone is 12. The minimum atomic E-state index is -1.65. The molecule has 2 fully saturated rings. The number of fused-ring (bicyclic) bond motifs is 2. The highest BCUT2D eigenvalue weighted by Gasteiger charge is 2.60. The third-order valence-corrected chi connectivity index (χ3v) is 19.7. The molecule has 0 aromatic rings. The zero-order valence-corrected chi connectivity index (χ0v) is 32.0. The molecule has 0 aromatic heterocycles. The molecule has 0 amide bonds. The van der Waals surface area contributed by atoms with Crippen LogP contribution in [0, 0.1) is 75.9 Å². The zero-order chi connectivity index (χ0) is 32.5. The van der Waals surface area contributed by atoms with Crippen LogP contribution in [0.5, 0.6) is 0 Å². The predicted molar refractivity (Wildman–Crippen MR) is 200 cm³/mol. The molecule has 0 heterocycles. The van der Waals surface area contributed by atoms with Crippen LogP contribution in [-0.2, 0) is 0 Å². The summed E-state index contributed by atoms with van der Waals surface area (Å²) in [5, 5.41) is 0. The lowest BCUT2D eigenvalue weighted by atomic mass is 9.70. The van der Waals surface area contributed by atoms with E-state index in [4.69, 9.17) is 0 Å². The molecule has 0 radical (unpaired) electrons. The highest BCUT2D eigenvalue weighted by Crippen LogP contribution is 2.66. The van der Waals surface area contributed by atoms with Crippen LogP contribution in [0.2, 0.25) is 24.2 Å². The second kappa shape index (κ2) is 12.3. The Morgan fingerprint density at radius 3 is 1.53 bits per heavy atom. The van der Waals surface area contributed by atoms with Crippen molar-refractivity contribution in [1.29, 1.82) is 0 Å². The van der Waals surface area contributed by atoms with Gasteiger partial charge in [-0.05, 0) is 137 Å². The van der Waals surface area contributed by atoms with Gasteiger partial charge in [-0.25, -0.2) is 0 Å². The predicted octanol–water partition coefficient (Wildman–Crippen LogP) is 12.9. The van der Waals surface area contributed by atoms with Gasteiger partial charge in [0.2, 0.25) is 0 Å². The summed E-state index contributed by atoms with van der Waals surface area (Å²) < 4.78 is 0. The Labute approximate surface area is 280 Å². The van der Waals surface area contributed by atoms with Crippen LogP contribution in [0.25, 0.3) is 0 Å². The fourth-order valence-corrected chi connectivity index (χ4v) is 18.5. The molecule has 2 saturated carbocycles. The van der Waals surface area contributed by atoms with Crippen LogP contribution in [0.3, 0.4) is 0 Å². The first-order chi connectivity index (χ1) is 21.1. The quantitative estimate of drug-likeness (QED) is 0.211. The Hall–Kier alpha value is -1.34. The van der Waals surface area contributed by atoms with Gasteiger partial charge in [0.05, 0.1) is 8.07 Å². The molecule has 12 atom stereocenters. The van der Waals surface area contributed by atoms with E-state index >= 15 is 0 Å². The van der Waals surface area contributed by atoms with Crippen molar-refractivity contribution in [1.82, 2.24) is 0 Å². The van der Waals surface area contributed by atoms with Crippen molar-refractivity contribution >= 4 is 8.07 Å².